The van der Waals surface area contributed by atoms with E-state index in [1.807, 2.05) is 4.90 Å². The second kappa shape index (κ2) is 3.32. The molecule has 13 heavy (non-hydrogen) atoms. The van der Waals surface area contributed by atoms with Gasteiger partial charge in [0, 0.05) is 25.4 Å². The molecule has 1 unspecified atom stereocenters. The van der Waals surface area contributed by atoms with E-state index < -0.39 is 4.33 Å². The predicted octanol–water partition coefficient (Wildman–Crippen LogP) is 2.19. The van der Waals surface area contributed by atoms with Crippen molar-refractivity contribution in [3.63, 3.8) is 0 Å². The monoisotopic (exact) mass is 221 g/mol. The highest BCUT2D eigenvalue weighted by Crippen LogP contribution is 2.55. The van der Waals surface area contributed by atoms with Crippen LogP contribution in [0.15, 0.2) is 0 Å². The summed E-state index contributed by atoms with van der Waals surface area (Å²) in [4.78, 5) is 13.5. The topological polar surface area (TPSA) is 20.3 Å². The predicted molar refractivity (Wildman–Crippen MR) is 53.0 cm³/mol. The second-order valence-corrected chi connectivity index (χ2v) is 5.50. The first-order valence-electron chi connectivity index (χ1n) is 4.75. The zero-order chi connectivity index (χ0) is 9.47. The van der Waals surface area contributed by atoms with Crippen molar-refractivity contribution in [1.82, 2.24) is 4.90 Å². The third-order valence-corrected chi connectivity index (χ3v) is 3.76. The lowest BCUT2D eigenvalue weighted by Crippen LogP contribution is -2.28. The lowest BCUT2D eigenvalue weighted by Gasteiger charge is -2.14. The molecule has 2 rings (SSSR count). The van der Waals surface area contributed by atoms with Gasteiger partial charge in [-0.1, -0.05) is 0 Å². The van der Waals surface area contributed by atoms with E-state index in [9.17, 15) is 4.79 Å². The molecule has 1 amide bonds. The minimum atomic E-state index is -0.602. The van der Waals surface area contributed by atoms with E-state index in [2.05, 4.69) is 0 Å². The molecule has 1 heterocycles. The molecule has 1 aliphatic heterocycles. The van der Waals surface area contributed by atoms with Gasteiger partial charge in [0.2, 0.25) is 5.91 Å². The van der Waals surface area contributed by atoms with E-state index in [0.717, 1.165) is 32.4 Å². The first-order chi connectivity index (χ1) is 6.09. The smallest absolute Gasteiger partial charge is 0.222 e. The third-order valence-electron chi connectivity index (χ3n) is 2.84. The maximum absolute atomic E-state index is 11.6. The van der Waals surface area contributed by atoms with E-state index >= 15 is 0 Å². The molecule has 1 saturated carbocycles. The Balaban J connectivity index is 1.79. The Kier molecular flexibility index (Phi) is 2.45. The molecule has 1 aliphatic carbocycles. The normalized spacial score (nSPS) is 30.6. The number of amides is 1. The van der Waals surface area contributed by atoms with E-state index in [1.165, 1.54) is 0 Å². The van der Waals surface area contributed by atoms with Crippen molar-refractivity contribution in [3.05, 3.63) is 0 Å². The van der Waals surface area contributed by atoms with Crippen LogP contribution in [-0.4, -0.2) is 28.2 Å². The highest BCUT2D eigenvalue weighted by Gasteiger charge is 2.52. The Hall–Kier alpha value is 0.0500. The van der Waals surface area contributed by atoms with Crippen molar-refractivity contribution in [2.45, 2.75) is 30.0 Å². The fraction of sp³-hybridized carbons (Fsp3) is 0.889. The van der Waals surface area contributed by atoms with E-state index in [0.29, 0.717) is 6.42 Å². The highest BCUT2D eigenvalue weighted by molar-refractivity contribution is 6.51. The summed E-state index contributed by atoms with van der Waals surface area (Å²) in [5, 5.41) is 0. The molecule has 0 N–H and O–H groups in total. The summed E-state index contributed by atoms with van der Waals surface area (Å²) in [5.41, 5.74) is 0. The number of nitrogens with zero attached hydrogens (tertiary/aromatic N) is 1. The standard InChI is InChI=1S/C9H13Cl2NO/c10-9(11)6-7(9)5-8(13)12-3-1-2-4-12/h7H,1-6H2. The summed E-state index contributed by atoms with van der Waals surface area (Å²) < 4.78 is -0.602. The molecule has 4 heteroatoms. The van der Waals surface area contributed by atoms with Crippen molar-refractivity contribution in [2.24, 2.45) is 5.92 Å². The second-order valence-electron chi connectivity index (χ2n) is 3.95. The number of halogens is 2. The Morgan fingerprint density at radius 2 is 1.92 bits per heavy atom. The SMILES string of the molecule is O=C(CC1CC1(Cl)Cl)N1CCCC1. The number of likely N-dealkylation sites (tertiary alicyclic amines) is 1. The molecule has 1 atom stereocenters. The van der Waals surface area contributed by atoms with Gasteiger partial charge in [-0.05, 0) is 19.3 Å². The van der Waals surface area contributed by atoms with Crippen LogP contribution in [0.4, 0.5) is 0 Å². The molecule has 1 saturated heterocycles. The van der Waals surface area contributed by atoms with E-state index in [-0.39, 0.29) is 11.8 Å². The summed E-state index contributed by atoms with van der Waals surface area (Å²) in [6.45, 7) is 1.84. The molecule has 0 aromatic heterocycles. The molecule has 74 valence electrons. The lowest BCUT2D eigenvalue weighted by molar-refractivity contribution is -0.130. The van der Waals surface area contributed by atoms with Gasteiger partial charge < -0.3 is 4.90 Å². The first-order valence-corrected chi connectivity index (χ1v) is 5.51. The number of alkyl halides is 2. The van der Waals surface area contributed by atoms with Crippen LogP contribution in [0.3, 0.4) is 0 Å². The molecule has 0 aromatic rings. The summed E-state index contributed by atoms with van der Waals surface area (Å²) in [7, 11) is 0. The van der Waals surface area contributed by atoms with Crippen molar-refractivity contribution >= 4 is 29.1 Å². The number of carbonyl (C=O) groups excluding carboxylic acids is 1. The average Bonchev–Trinajstić information content (AvgIpc) is 2.58. The molecule has 2 nitrogen and oxygen atoms in total. The number of carbonyl (C=O) groups is 1. The fourth-order valence-electron chi connectivity index (χ4n) is 1.80. The summed E-state index contributed by atoms with van der Waals surface area (Å²) >= 11 is 11.7. The van der Waals surface area contributed by atoms with Gasteiger partial charge in [0.1, 0.15) is 4.33 Å². The zero-order valence-electron chi connectivity index (χ0n) is 7.43. The number of rotatable bonds is 2. The van der Waals surface area contributed by atoms with Crippen LogP contribution in [0.5, 0.6) is 0 Å². The van der Waals surface area contributed by atoms with Crippen LogP contribution in [-0.2, 0) is 4.79 Å². The summed E-state index contributed by atoms with van der Waals surface area (Å²) in [6.07, 6.45) is 3.59. The van der Waals surface area contributed by atoms with Crippen molar-refractivity contribution in [2.75, 3.05) is 13.1 Å². The van der Waals surface area contributed by atoms with E-state index in [4.69, 9.17) is 23.2 Å². The van der Waals surface area contributed by atoms with Crippen molar-refractivity contribution < 1.29 is 4.79 Å². The third kappa shape index (κ3) is 2.10. The van der Waals surface area contributed by atoms with Crippen LogP contribution in [0.2, 0.25) is 0 Å². The minimum Gasteiger partial charge on any atom is -0.343 e. The molecular weight excluding hydrogens is 209 g/mol. The molecule has 0 bridgehead atoms. The van der Waals surface area contributed by atoms with Gasteiger partial charge in [0.05, 0.1) is 0 Å². The minimum absolute atomic E-state index is 0.198. The molecule has 2 fully saturated rings. The average molecular weight is 222 g/mol. The Bertz CT molecular complexity index is 224. The van der Waals surface area contributed by atoms with Crippen molar-refractivity contribution in [1.29, 1.82) is 0 Å². The van der Waals surface area contributed by atoms with Gasteiger partial charge >= 0.3 is 0 Å². The van der Waals surface area contributed by atoms with Gasteiger partial charge in [-0.3, -0.25) is 4.79 Å². The highest BCUT2D eigenvalue weighted by atomic mass is 35.5. The van der Waals surface area contributed by atoms with Crippen LogP contribution >= 0.6 is 23.2 Å². The first kappa shape index (κ1) is 9.60. The Morgan fingerprint density at radius 1 is 1.38 bits per heavy atom. The maximum atomic E-state index is 11.6. The van der Waals surface area contributed by atoms with Gasteiger partial charge in [-0.2, -0.15) is 0 Å². The zero-order valence-corrected chi connectivity index (χ0v) is 8.94. The maximum Gasteiger partial charge on any atom is 0.222 e. The van der Waals surface area contributed by atoms with Crippen LogP contribution in [0, 0.1) is 5.92 Å². The molecule has 2 aliphatic rings. The van der Waals surface area contributed by atoms with Crippen LogP contribution in [0.25, 0.3) is 0 Å². The van der Waals surface area contributed by atoms with Crippen LogP contribution < -0.4 is 0 Å². The van der Waals surface area contributed by atoms with Gasteiger partial charge in [0.25, 0.3) is 0 Å². The van der Waals surface area contributed by atoms with Gasteiger partial charge in [-0.25, -0.2) is 0 Å². The number of hydrogen-bond donors (Lipinski definition) is 0. The van der Waals surface area contributed by atoms with Gasteiger partial charge in [0.15, 0.2) is 0 Å². The molecule has 0 radical (unpaired) electrons. The van der Waals surface area contributed by atoms with E-state index in [1.54, 1.807) is 0 Å². The fourth-order valence-corrected chi connectivity index (χ4v) is 2.32. The number of hydrogen-bond acceptors (Lipinski definition) is 1. The van der Waals surface area contributed by atoms with Crippen molar-refractivity contribution in [3.8, 4) is 0 Å². The van der Waals surface area contributed by atoms with Gasteiger partial charge in [-0.15, -0.1) is 23.2 Å². The molecule has 0 aromatic carbocycles. The van der Waals surface area contributed by atoms with Crippen LogP contribution in [0.1, 0.15) is 25.7 Å². The largest absolute Gasteiger partial charge is 0.343 e. The summed E-state index contributed by atoms with van der Waals surface area (Å²) in [5.74, 6) is 0.426. The quantitative estimate of drug-likeness (QED) is 0.656. The Morgan fingerprint density at radius 3 is 2.38 bits per heavy atom. The summed E-state index contributed by atoms with van der Waals surface area (Å²) in [6, 6.07) is 0. The molecular formula is C9H13Cl2NO. The Labute approximate surface area is 88.2 Å². The lowest BCUT2D eigenvalue weighted by atomic mass is 10.2. The molecule has 0 spiro atoms.